The van der Waals surface area contributed by atoms with Crippen molar-refractivity contribution in [2.45, 2.75) is 19.8 Å². The molecule has 0 aliphatic heterocycles. The summed E-state index contributed by atoms with van der Waals surface area (Å²) >= 11 is 0. The molecule has 0 radical (unpaired) electrons. The van der Waals surface area contributed by atoms with Crippen LogP contribution in [0.2, 0.25) is 0 Å². The highest BCUT2D eigenvalue weighted by atomic mass is 16.6. The summed E-state index contributed by atoms with van der Waals surface area (Å²) in [5.74, 6) is -2.02. The number of nitrogens with zero attached hydrogens (tertiary/aromatic N) is 3. The van der Waals surface area contributed by atoms with Crippen LogP contribution < -0.4 is 10.6 Å². The van der Waals surface area contributed by atoms with Crippen LogP contribution in [0.3, 0.4) is 0 Å². The molecule has 0 bridgehead atoms. The van der Waals surface area contributed by atoms with E-state index in [4.69, 9.17) is 10.8 Å². The molecular formula is C12H16N4O5. The third-order valence-corrected chi connectivity index (χ3v) is 2.72. The van der Waals surface area contributed by atoms with Crippen molar-refractivity contribution in [3.05, 3.63) is 27.9 Å². The molecule has 21 heavy (non-hydrogen) atoms. The maximum absolute atomic E-state index is 11.1. The lowest BCUT2D eigenvalue weighted by Crippen LogP contribution is -2.35. The summed E-state index contributed by atoms with van der Waals surface area (Å²) in [4.78, 5) is 37.5. The number of anilines is 1. The first-order chi connectivity index (χ1) is 9.86. The van der Waals surface area contributed by atoms with Gasteiger partial charge in [-0.15, -0.1) is 0 Å². The predicted molar refractivity (Wildman–Crippen MR) is 74.2 cm³/mol. The van der Waals surface area contributed by atoms with E-state index in [9.17, 15) is 19.7 Å². The number of carboxylic acid groups (broad SMARTS) is 1. The summed E-state index contributed by atoms with van der Waals surface area (Å²) in [6.45, 7) is 2.07. The molecule has 0 atom stereocenters. The van der Waals surface area contributed by atoms with Gasteiger partial charge in [-0.2, -0.15) is 0 Å². The number of aromatic carboxylic acids is 1. The molecule has 0 saturated heterocycles. The second-order valence-electron chi connectivity index (χ2n) is 4.37. The smallest absolute Gasteiger partial charge is 0.337 e. The van der Waals surface area contributed by atoms with Gasteiger partial charge in [0, 0.05) is 18.8 Å². The van der Waals surface area contributed by atoms with Gasteiger partial charge in [0.15, 0.2) is 0 Å². The van der Waals surface area contributed by atoms with E-state index in [2.05, 4.69) is 4.98 Å². The topological polar surface area (TPSA) is 140 Å². The minimum atomic E-state index is -1.31. The highest BCUT2D eigenvalue weighted by molar-refractivity contribution is 5.89. The zero-order valence-electron chi connectivity index (χ0n) is 11.5. The molecule has 9 nitrogen and oxygen atoms in total. The van der Waals surface area contributed by atoms with Crippen molar-refractivity contribution < 1.29 is 19.6 Å². The van der Waals surface area contributed by atoms with E-state index in [1.807, 2.05) is 6.92 Å². The number of carbonyl (C=O) groups is 2. The molecule has 0 spiro atoms. The Hall–Kier alpha value is -2.71. The van der Waals surface area contributed by atoms with Gasteiger partial charge in [0.1, 0.15) is 0 Å². The number of primary amides is 1. The largest absolute Gasteiger partial charge is 0.478 e. The molecule has 0 aliphatic carbocycles. The van der Waals surface area contributed by atoms with Gasteiger partial charge in [-0.05, 0) is 6.42 Å². The van der Waals surface area contributed by atoms with E-state index in [1.165, 1.54) is 4.90 Å². The van der Waals surface area contributed by atoms with E-state index in [0.717, 1.165) is 18.7 Å². The van der Waals surface area contributed by atoms with Crippen LogP contribution in [0.15, 0.2) is 12.3 Å². The average molecular weight is 296 g/mol. The normalized spacial score (nSPS) is 10.1. The number of pyridine rings is 1. The Morgan fingerprint density at radius 3 is 2.67 bits per heavy atom. The molecule has 1 aromatic heterocycles. The first kappa shape index (κ1) is 16.3. The third kappa shape index (κ3) is 4.41. The highest BCUT2D eigenvalue weighted by Gasteiger charge is 2.24. The van der Waals surface area contributed by atoms with E-state index >= 15 is 0 Å². The third-order valence-electron chi connectivity index (χ3n) is 2.72. The monoisotopic (exact) mass is 296 g/mol. The van der Waals surface area contributed by atoms with E-state index in [0.29, 0.717) is 13.0 Å². The molecule has 114 valence electrons. The highest BCUT2D eigenvalue weighted by Crippen LogP contribution is 2.26. The standard InChI is InChI=1S/C12H16N4O5/c1-2-3-4-15(7-10(13)17)11-9(16(20)21)5-8(6-14-11)12(18)19/h5-6H,2-4,7H2,1H3,(H2,13,17)(H,18,19). The van der Waals surface area contributed by atoms with E-state index in [-0.39, 0.29) is 17.9 Å². The number of unbranched alkanes of at least 4 members (excludes halogenated alkanes) is 1. The molecule has 1 amide bonds. The summed E-state index contributed by atoms with van der Waals surface area (Å²) in [6.07, 6.45) is 2.52. The van der Waals surface area contributed by atoms with Gasteiger partial charge >= 0.3 is 11.7 Å². The lowest BCUT2D eigenvalue weighted by Gasteiger charge is -2.21. The lowest BCUT2D eigenvalue weighted by atomic mass is 10.2. The molecule has 1 heterocycles. The van der Waals surface area contributed by atoms with Crippen molar-refractivity contribution in [1.29, 1.82) is 0 Å². The molecule has 0 aliphatic rings. The molecule has 9 heteroatoms. The molecule has 0 fully saturated rings. The van der Waals surface area contributed by atoms with Gasteiger partial charge in [0.25, 0.3) is 0 Å². The predicted octanol–water partition coefficient (Wildman–Crippen LogP) is 0.780. The van der Waals surface area contributed by atoms with Crippen LogP contribution in [0.25, 0.3) is 0 Å². The quantitative estimate of drug-likeness (QED) is 0.533. The number of carbonyl (C=O) groups excluding carboxylic acids is 1. The Bertz CT molecular complexity index is 561. The minimum Gasteiger partial charge on any atom is -0.478 e. The van der Waals surface area contributed by atoms with Gasteiger partial charge < -0.3 is 15.7 Å². The molecular weight excluding hydrogens is 280 g/mol. The average Bonchev–Trinajstić information content (AvgIpc) is 2.42. The number of rotatable bonds is 8. The Labute approximate surface area is 120 Å². The Balaban J connectivity index is 3.24. The number of nitrogens with two attached hydrogens (primary N) is 1. The van der Waals surface area contributed by atoms with Gasteiger partial charge in [-0.25, -0.2) is 9.78 Å². The summed E-state index contributed by atoms with van der Waals surface area (Å²) in [5.41, 5.74) is 4.38. The zero-order chi connectivity index (χ0) is 16.0. The summed E-state index contributed by atoms with van der Waals surface area (Å²) in [6, 6.07) is 0.921. The molecule has 0 unspecified atom stereocenters. The van der Waals surface area contributed by atoms with Crippen LogP contribution in [0, 0.1) is 10.1 Å². The van der Waals surface area contributed by atoms with Crippen LogP contribution in [-0.2, 0) is 4.79 Å². The van der Waals surface area contributed by atoms with Crippen LogP contribution >= 0.6 is 0 Å². The van der Waals surface area contributed by atoms with Crippen molar-refractivity contribution in [3.63, 3.8) is 0 Å². The number of aromatic nitrogens is 1. The van der Waals surface area contributed by atoms with E-state index < -0.39 is 22.5 Å². The van der Waals surface area contributed by atoms with Crippen LogP contribution in [0.4, 0.5) is 11.5 Å². The maximum atomic E-state index is 11.1. The van der Waals surface area contributed by atoms with Gasteiger partial charge in [0.05, 0.1) is 17.0 Å². The van der Waals surface area contributed by atoms with Crippen molar-refractivity contribution in [3.8, 4) is 0 Å². The maximum Gasteiger partial charge on any atom is 0.337 e. The molecule has 3 N–H and O–H groups in total. The number of hydrogen-bond donors (Lipinski definition) is 2. The second-order valence-corrected chi connectivity index (χ2v) is 4.37. The van der Waals surface area contributed by atoms with Gasteiger partial charge in [-0.1, -0.05) is 13.3 Å². The van der Waals surface area contributed by atoms with Crippen molar-refractivity contribution in [2.75, 3.05) is 18.0 Å². The fraction of sp³-hybridized carbons (Fsp3) is 0.417. The summed E-state index contributed by atoms with van der Waals surface area (Å²) in [5, 5.41) is 19.9. The fourth-order valence-corrected chi connectivity index (χ4v) is 1.74. The fourth-order valence-electron chi connectivity index (χ4n) is 1.74. The van der Waals surface area contributed by atoms with Gasteiger partial charge in [-0.3, -0.25) is 14.9 Å². The van der Waals surface area contributed by atoms with Crippen LogP contribution in [0.1, 0.15) is 30.1 Å². The van der Waals surface area contributed by atoms with Crippen LogP contribution in [-0.4, -0.2) is 40.0 Å². The number of carboxylic acids is 1. The van der Waals surface area contributed by atoms with Crippen molar-refractivity contribution in [1.82, 2.24) is 4.98 Å². The summed E-state index contributed by atoms with van der Waals surface area (Å²) in [7, 11) is 0. The SMILES string of the molecule is CCCCN(CC(N)=O)c1ncc(C(=O)O)cc1[N+](=O)[O-]. The minimum absolute atomic E-state index is 0.0581. The lowest BCUT2D eigenvalue weighted by molar-refractivity contribution is -0.384. The van der Waals surface area contributed by atoms with Crippen molar-refractivity contribution in [2.24, 2.45) is 5.73 Å². The number of amides is 1. The zero-order valence-corrected chi connectivity index (χ0v) is 11.5. The van der Waals surface area contributed by atoms with E-state index in [1.54, 1.807) is 0 Å². The first-order valence-corrected chi connectivity index (χ1v) is 6.27. The molecule has 0 aromatic carbocycles. The van der Waals surface area contributed by atoms with Gasteiger partial charge in [0.2, 0.25) is 11.7 Å². The molecule has 1 rings (SSSR count). The number of nitro groups is 1. The van der Waals surface area contributed by atoms with Crippen LogP contribution in [0.5, 0.6) is 0 Å². The Morgan fingerprint density at radius 2 is 2.19 bits per heavy atom. The molecule has 1 aromatic rings. The second kappa shape index (κ2) is 7.17. The van der Waals surface area contributed by atoms with Crippen molar-refractivity contribution >= 4 is 23.4 Å². The Morgan fingerprint density at radius 1 is 1.52 bits per heavy atom. The summed E-state index contributed by atoms with van der Waals surface area (Å²) < 4.78 is 0. The first-order valence-electron chi connectivity index (χ1n) is 6.27. The Kier molecular flexibility index (Phi) is 5.58. The number of hydrogen-bond acceptors (Lipinski definition) is 6. The molecule has 0 saturated carbocycles.